The average molecular weight is 302 g/mol. The summed E-state index contributed by atoms with van der Waals surface area (Å²) in [4.78, 5) is 14.7. The fourth-order valence-electron chi connectivity index (χ4n) is 3.43. The lowest BCUT2D eigenvalue weighted by atomic mass is 9.95. The van der Waals surface area contributed by atoms with E-state index in [0.29, 0.717) is 6.61 Å². The zero-order valence-electron chi connectivity index (χ0n) is 13.1. The van der Waals surface area contributed by atoms with Crippen LogP contribution in [0.2, 0.25) is 0 Å². The number of carbonyl (C=O) groups is 1. The van der Waals surface area contributed by atoms with Crippen LogP contribution in [0.4, 0.5) is 0 Å². The number of rotatable bonds is 5. The van der Waals surface area contributed by atoms with Crippen LogP contribution in [-0.4, -0.2) is 53.9 Å². The first-order valence-electron chi connectivity index (χ1n) is 7.58. The van der Waals surface area contributed by atoms with Crippen LogP contribution in [0.3, 0.4) is 0 Å². The van der Waals surface area contributed by atoms with Crippen molar-refractivity contribution in [3.63, 3.8) is 0 Å². The van der Waals surface area contributed by atoms with E-state index in [4.69, 9.17) is 4.74 Å². The zero-order valence-corrected chi connectivity index (χ0v) is 13.1. The Morgan fingerprint density at radius 3 is 3.18 bits per heavy atom. The van der Waals surface area contributed by atoms with Gasteiger partial charge in [-0.25, -0.2) is 0 Å². The van der Waals surface area contributed by atoms with E-state index in [1.165, 1.54) is 5.56 Å². The molecule has 3 rings (SSSR count). The molecule has 6 heteroatoms. The molecule has 1 saturated heterocycles. The molecule has 0 radical (unpaired) electrons. The minimum Gasteiger partial charge on any atom is -0.382 e. The monoisotopic (exact) mass is 302 g/mol. The molecular weight excluding hydrogens is 280 g/mol. The second kappa shape index (κ2) is 6.06. The molecule has 1 aliphatic heterocycles. The van der Waals surface area contributed by atoms with Crippen molar-refractivity contribution in [2.45, 2.75) is 24.9 Å². The van der Waals surface area contributed by atoms with Gasteiger partial charge in [-0.1, -0.05) is 12.1 Å². The number of nitrogens with zero attached hydrogens (tertiary/aromatic N) is 2. The van der Waals surface area contributed by atoms with Crippen molar-refractivity contribution in [2.75, 3.05) is 27.3 Å². The maximum Gasteiger partial charge on any atom is 0.242 e. The number of aromatic amines is 1. The van der Waals surface area contributed by atoms with Gasteiger partial charge in [-0.05, 0) is 31.0 Å². The van der Waals surface area contributed by atoms with Gasteiger partial charge >= 0.3 is 0 Å². The largest absolute Gasteiger partial charge is 0.382 e. The van der Waals surface area contributed by atoms with E-state index in [0.717, 1.165) is 36.8 Å². The van der Waals surface area contributed by atoms with Gasteiger partial charge in [-0.2, -0.15) is 5.10 Å². The SMILES string of the molecule is CNC(=O)C1(COC)CCCN1Cc1ccc2cn[nH]c2c1. The predicted molar refractivity (Wildman–Crippen MR) is 84.4 cm³/mol. The third-order valence-electron chi connectivity index (χ3n) is 4.54. The van der Waals surface area contributed by atoms with Gasteiger partial charge < -0.3 is 10.1 Å². The Morgan fingerprint density at radius 2 is 2.41 bits per heavy atom. The molecule has 2 N–H and O–H groups in total. The van der Waals surface area contributed by atoms with E-state index in [-0.39, 0.29) is 5.91 Å². The van der Waals surface area contributed by atoms with Crippen molar-refractivity contribution >= 4 is 16.8 Å². The summed E-state index contributed by atoms with van der Waals surface area (Å²) in [6, 6.07) is 6.25. The zero-order chi connectivity index (χ0) is 15.6. The summed E-state index contributed by atoms with van der Waals surface area (Å²) in [5.74, 6) is 0.0365. The Balaban J connectivity index is 1.86. The maximum absolute atomic E-state index is 12.4. The van der Waals surface area contributed by atoms with Crippen molar-refractivity contribution in [1.82, 2.24) is 20.4 Å². The van der Waals surface area contributed by atoms with Gasteiger partial charge in [0.25, 0.3) is 0 Å². The molecule has 2 aromatic rings. The van der Waals surface area contributed by atoms with Gasteiger partial charge in [0.15, 0.2) is 0 Å². The van der Waals surface area contributed by atoms with E-state index in [1.807, 2.05) is 6.20 Å². The third kappa shape index (κ3) is 2.48. The van der Waals surface area contributed by atoms with Crippen LogP contribution in [0, 0.1) is 0 Å². The number of fused-ring (bicyclic) bond motifs is 1. The number of hydrogen-bond donors (Lipinski definition) is 2. The number of likely N-dealkylation sites (N-methyl/N-ethyl adjacent to an activating group) is 1. The number of ether oxygens (including phenoxy) is 1. The molecule has 1 fully saturated rings. The molecule has 1 amide bonds. The highest BCUT2D eigenvalue weighted by Gasteiger charge is 2.46. The van der Waals surface area contributed by atoms with Gasteiger partial charge in [-0.3, -0.25) is 14.8 Å². The highest BCUT2D eigenvalue weighted by Crippen LogP contribution is 2.32. The van der Waals surface area contributed by atoms with Gasteiger partial charge in [0.1, 0.15) is 5.54 Å². The van der Waals surface area contributed by atoms with E-state index in [9.17, 15) is 4.79 Å². The fourth-order valence-corrected chi connectivity index (χ4v) is 3.43. The lowest BCUT2D eigenvalue weighted by Crippen LogP contribution is -2.57. The molecule has 1 unspecified atom stereocenters. The number of nitrogens with one attached hydrogen (secondary N) is 2. The molecular formula is C16H22N4O2. The van der Waals surface area contributed by atoms with Crippen LogP contribution < -0.4 is 5.32 Å². The topological polar surface area (TPSA) is 70.2 Å². The van der Waals surface area contributed by atoms with E-state index < -0.39 is 5.54 Å². The van der Waals surface area contributed by atoms with Crippen LogP contribution in [0.1, 0.15) is 18.4 Å². The summed E-state index contributed by atoms with van der Waals surface area (Å²) >= 11 is 0. The molecule has 6 nitrogen and oxygen atoms in total. The first-order chi connectivity index (χ1) is 10.7. The number of benzene rings is 1. The molecule has 1 aliphatic rings. The summed E-state index contributed by atoms with van der Waals surface area (Å²) in [5.41, 5.74) is 1.63. The Labute approximate surface area is 129 Å². The molecule has 0 spiro atoms. The first kappa shape index (κ1) is 15.0. The number of methoxy groups -OCH3 is 1. The molecule has 0 saturated carbocycles. The summed E-state index contributed by atoms with van der Waals surface area (Å²) in [7, 11) is 3.34. The smallest absolute Gasteiger partial charge is 0.242 e. The van der Waals surface area contributed by atoms with Crippen molar-refractivity contribution in [3.8, 4) is 0 Å². The summed E-state index contributed by atoms with van der Waals surface area (Å²) in [6.45, 7) is 2.04. The molecule has 1 aromatic heterocycles. The van der Waals surface area contributed by atoms with Crippen molar-refractivity contribution in [1.29, 1.82) is 0 Å². The third-order valence-corrected chi connectivity index (χ3v) is 4.54. The molecule has 0 aliphatic carbocycles. The van der Waals surface area contributed by atoms with Crippen LogP contribution in [-0.2, 0) is 16.1 Å². The lowest BCUT2D eigenvalue weighted by molar-refractivity contribution is -0.135. The van der Waals surface area contributed by atoms with Crippen LogP contribution >= 0.6 is 0 Å². The van der Waals surface area contributed by atoms with Gasteiger partial charge in [0.05, 0.1) is 18.3 Å². The van der Waals surface area contributed by atoms with Crippen LogP contribution in [0.5, 0.6) is 0 Å². The van der Waals surface area contributed by atoms with Crippen LogP contribution in [0.15, 0.2) is 24.4 Å². The normalized spacial score (nSPS) is 22.3. The summed E-state index contributed by atoms with van der Waals surface area (Å²) in [5, 5.41) is 10.9. The standard InChI is InChI=1S/C16H22N4O2/c1-17-15(21)16(11-22-2)6-3-7-20(16)10-12-4-5-13-9-18-19-14(13)8-12/h4-5,8-9H,3,6-7,10-11H2,1-2H3,(H,17,21)(H,18,19). The Morgan fingerprint density at radius 1 is 1.55 bits per heavy atom. The van der Waals surface area contributed by atoms with Crippen LogP contribution in [0.25, 0.3) is 10.9 Å². The maximum atomic E-state index is 12.4. The molecule has 2 heterocycles. The molecule has 1 atom stereocenters. The molecule has 22 heavy (non-hydrogen) atoms. The second-order valence-electron chi connectivity index (χ2n) is 5.86. The van der Waals surface area contributed by atoms with Gasteiger partial charge in [0, 0.05) is 26.1 Å². The predicted octanol–water partition coefficient (Wildman–Crippen LogP) is 1.29. The van der Waals surface area contributed by atoms with Crippen molar-refractivity contribution in [3.05, 3.63) is 30.0 Å². The van der Waals surface area contributed by atoms with Gasteiger partial charge in [0.2, 0.25) is 5.91 Å². The molecule has 118 valence electrons. The van der Waals surface area contributed by atoms with E-state index in [1.54, 1.807) is 14.2 Å². The van der Waals surface area contributed by atoms with E-state index >= 15 is 0 Å². The second-order valence-corrected chi connectivity index (χ2v) is 5.86. The minimum absolute atomic E-state index is 0.0365. The number of carbonyl (C=O) groups excluding carboxylic acids is 1. The Hall–Kier alpha value is -1.92. The lowest BCUT2D eigenvalue weighted by Gasteiger charge is -2.36. The number of likely N-dealkylation sites (tertiary alicyclic amines) is 1. The Kier molecular flexibility index (Phi) is 4.13. The number of aromatic nitrogens is 2. The number of hydrogen-bond acceptors (Lipinski definition) is 4. The van der Waals surface area contributed by atoms with Crippen molar-refractivity contribution in [2.24, 2.45) is 0 Å². The highest BCUT2D eigenvalue weighted by atomic mass is 16.5. The average Bonchev–Trinajstić information content (AvgIpc) is 3.14. The summed E-state index contributed by atoms with van der Waals surface area (Å²) in [6.07, 6.45) is 3.64. The fraction of sp³-hybridized carbons (Fsp3) is 0.500. The highest BCUT2D eigenvalue weighted by molar-refractivity contribution is 5.86. The molecule has 0 bridgehead atoms. The first-order valence-corrected chi connectivity index (χ1v) is 7.58. The van der Waals surface area contributed by atoms with E-state index in [2.05, 4.69) is 38.6 Å². The summed E-state index contributed by atoms with van der Waals surface area (Å²) < 4.78 is 5.36. The number of amides is 1. The minimum atomic E-state index is -0.563. The quantitative estimate of drug-likeness (QED) is 0.873. The molecule has 1 aromatic carbocycles. The Bertz CT molecular complexity index is 669. The number of H-pyrrole nitrogens is 1. The van der Waals surface area contributed by atoms with Gasteiger partial charge in [-0.15, -0.1) is 0 Å². The van der Waals surface area contributed by atoms with Crippen molar-refractivity contribution < 1.29 is 9.53 Å².